The molecular weight excluding hydrogens is 238 g/mol. The fourth-order valence-corrected chi connectivity index (χ4v) is 2.69. The number of rotatable bonds is 2. The third-order valence-electron chi connectivity index (χ3n) is 3.73. The summed E-state index contributed by atoms with van der Waals surface area (Å²) in [6.45, 7) is 4.81. The van der Waals surface area contributed by atoms with Crippen LogP contribution in [0.15, 0.2) is 22.8 Å². The van der Waals surface area contributed by atoms with E-state index in [4.69, 9.17) is 9.40 Å². The molecule has 2 aromatic rings. The molecule has 0 spiro atoms. The Hall–Kier alpha value is -2.02. The van der Waals surface area contributed by atoms with E-state index >= 15 is 0 Å². The number of imidazole rings is 1. The molecule has 0 amide bonds. The molecule has 1 aliphatic heterocycles. The van der Waals surface area contributed by atoms with Crippen molar-refractivity contribution in [3.05, 3.63) is 29.8 Å². The van der Waals surface area contributed by atoms with Gasteiger partial charge in [-0.2, -0.15) is 5.26 Å². The molecule has 0 saturated carbocycles. The van der Waals surface area contributed by atoms with Crippen molar-refractivity contribution in [1.82, 2.24) is 9.55 Å². The van der Waals surface area contributed by atoms with Crippen LogP contribution in [0.2, 0.25) is 0 Å². The SMILES string of the molecule is CC(C)(C#N)c1nc(-c2ccco2)n2c1CCCC2. The van der Waals surface area contributed by atoms with E-state index in [9.17, 15) is 5.26 Å². The van der Waals surface area contributed by atoms with Gasteiger partial charge in [0.05, 0.1) is 23.4 Å². The van der Waals surface area contributed by atoms with Crippen molar-refractivity contribution in [2.75, 3.05) is 0 Å². The first-order valence-corrected chi connectivity index (χ1v) is 6.68. The van der Waals surface area contributed by atoms with Gasteiger partial charge in [0.2, 0.25) is 0 Å². The van der Waals surface area contributed by atoms with Gasteiger partial charge in [0.25, 0.3) is 0 Å². The second-order valence-corrected chi connectivity index (χ2v) is 5.55. The maximum Gasteiger partial charge on any atom is 0.176 e. The Kier molecular flexibility index (Phi) is 2.70. The van der Waals surface area contributed by atoms with Crippen LogP contribution in [0.3, 0.4) is 0 Å². The molecule has 0 unspecified atom stereocenters. The molecular formula is C15H17N3O. The lowest BCUT2D eigenvalue weighted by Crippen LogP contribution is -2.19. The van der Waals surface area contributed by atoms with E-state index in [1.807, 2.05) is 26.0 Å². The van der Waals surface area contributed by atoms with Crippen LogP contribution >= 0.6 is 0 Å². The zero-order valence-electron chi connectivity index (χ0n) is 11.3. The van der Waals surface area contributed by atoms with E-state index in [1.54, 1.807) is 6.26 Å². The number of fused-ring (bicyclic) bond motifs is 1. The second-order valence-electron chi connectivity index (χ2n) is 5.55. The number of nitriles is 1. The minimum absolute atomic E-state index is 0.556. The molecule has 0 N–H and O–H groups in total. The van der Waals surface area contributed by atoms with Gasteiger partial charge in [-0.15, -0.1) is 0 Å². The lowest BCUT2D eigenvalue weighted by Gasteiger charge is -2.20. The number of hydrogen-bond donors (Lipinski definition) is 0. The summed E-state index contributed by atoms with van der Waals surface area (Å²) in [7, 11) is 0. The molecule has 3 heterocycles. The average molecular weight is 255 g/mol. The number of hydrogen-bond acceptors (Lipinski definition) is 3. The summed E-state index contributed by atoms with van der Waals surface area (Å²) in [6, 6.07) is 6.15. The molecule has 0 bridgehead atoms. The first-order chi connectivity index (χ1) is 9.13. The Morgan fingerprint density at radius 2 is 2.26 bits per heavy atom. The van der Waals surface area contributed by atoms with Crippen LogP contribution in [-0.4, -0.2) is 9.55 Å². The molecule has 0 aliphatic carbocycles. The third kappa shape index (κ3) is 1.86. The third-order valence-corrected chi connectivity index (χ3v) is 3.73. The van der Waals surface area contributed by atoms with Crippen molar-refractivity contribution in [1.29, 1.82) is 5.26 Å². The average Bonchev–Trinajstić information content (AvgIpc) is 3.05. The summed E-state index contributed by atoms with van der Waals surface area (Å²) < 4.78 is 7.70. The predicted octanol–water partition coefficient (Wildman–Crippen LogP) is 3.28. The molecule has 0 atom stereocenters. The Labute approximate surface area is 112 Å². The van der Waals surface area contributed by atoms with Gasteiger partial charge in [-0.3, -0.25) is 0 Å². The number of aromatic nitrogens is 2. The molecule has 3 rings (SSSR count). The minimum atomic E-state index is -0.556. The fourth-order valence-electron chi connectivity index (χ4n) is 2.69. The highest BCUT2D eigenvalue weighted by atomic mass is 16.3. The van der Waals surface area contributed by atoms with Gasteiger partial charge in [0.1, 0.15) is 0 Å². The first kappa shape index (κ1) is 12.0. The zero-order valence-corrected chi connectivity index (χ0v) is 11.3. The van der Waals surface area contributed by atoms with Gasteiger partial charge in [-0.05, 0) is 45.2 Å². The molecule has 1 aliphatic rings. The Bertz CT molecular complexity index is 629. The van der Waals surface area contributed by atoms with Gasteiger partial charge < -0.3 is 8.98 Å². The highest BCUT2D eigenvalue weighted by molar-refractivity contribution is 5.51. The molecule has 4 nitrogen and oxygen atoms in total. The molecule has 2 aromatic heterocycles. The van der Waals surface area contributed by atoms with Crippen molar-refractivity contribution in [2.24, 2.45) is 0 Å². The normalized spacial score (nSPS) is 15.0. The van der Waals surface area contributed by atoms with E-state index in [-0.39, 0.29) is 0 Å². The quantitative estimate of drug-likeness (QED) is 0.827. The topological polar surface area (TPSA) is 54.8 Å². The van der Waals surface area contributed by atoms with Crippen molar-refractivity contribution >= 4 is 0 Å². The summed E-state index contributed by atoms with van der Waals surface area (Å²) in [5, 5.41) is 9.37. The molecule has 19 heavy (non-hydrogen) atoms. The summed E-state index contributed by atoms with van der Waals surface area (Å²) >= 11 is 0. The molecule has 0 radical (unpaired) electrons. The van der Waals surface area contributed by atoms with Crippen LogP contribution in [0, 0.1) is 11.3 Å². The van der Waals surface area contributed by atoms with E-state index in [2.05, 4.69) is 10.6 Å². The van der Waals surface area contributed by atoms with Crippen molar-refractivity contribution in [3.63, 3.8) is 0 Å². The first-order valence-electron chi connectivity index (χ1n) is 6.68. The van der Waals surface area contributed by atoms with Gasteiger partial charge in [0, 0.05) is 12.2 Å². The molecule has 4 heteroatoms. The maximum atomic E-state index is 9.37. The van der Waals surface area contributed by atoms with E-state index in [0.29, 0.717) is 0 Å². The van der Waals surface area contributed by atoms with E-state index in [0.717, 1.165) is 43.1 Å². The van der Waals surface area contributed by atoms with E-state index in [1.165, 1.54) is 5.69 Å². The molecule has 0 aromatic carbocycles. The Morgan fingerprint density at radius 3 is 2.95 bits per heavy atom. The summed E-state index contributed by atoms with van der Waals surface area (Å²) in [5.41, 5.74) is 1.55. The van der Waals surface area contributed by atoms with Crippen molar-refractivity contribution in [3.8, 4) is 17.7 Å². The van der Waals surface area contributed by atoms with E-state index < -0.39 is 5.41 Å². The highest BCUT2D eigenvalue weighted by Crippen LogP contribution is 2.33. The molecule has 98 valence electrons. The van der Waals surface area contributed by atoms with Crippen molar-refractivity contribution < 1.29 is 4.42 Å². The van der Waals surface area contributed by atoms with Gasteiger partial charge >= 0.3 is 0 Å². The summed E-state index contributed by atoms with van der Waals surface area (Å²) in [6.07, 6.45) is 4.98. The van der Waals surface area contributed by atoms with Gasteiger partial charge in [-0.1, -0.05) is 0 Å². The largest absolute Gasteiger partial charge is 0.461 e. The van der Waals surface area contributed by atoms with Crippen LogP contribution < -0.4 is 0 Å². The minimum Gasteiger partial charge on any atom is -0.461 e. The zero-order chi connectivity index (χ0) is 13.5. The van der Waals surface area contributed by atoms with Gasteiger partial charge in [0.15, 0.2) is 11.6 Å². The summed E-state index contributed by atoms with van der Waals surface area (Å²) in [4.78, 5) is 4.72. The summed E-state index contributed by atoms with van der Waals surface area (Å²) in [5.74, 6) is 1.64. The second kappa shape index (κ2) is 4.27. The van der Waals surface area contributed by atoms with Crippen LogP contribution in [-0.2, 0) is 18.4 Å². The maximum absolute atomic E-state index is 9.37. The van der Waals surface area contributed by atoms with Crippen molar-refractivity contribution in [2.45, 2.75) is 45.1 Å². The predicted molar refractivity (Wildman–Crippen MR) is 71.5 cm³/mol. The monoisotopic (exact) mass is 255 g/mol. The number of furan rings is 1. The Morgan fingerprint density at radius 1 is 1.42 bits per heavy atom. The van der Waals surface area contributed by atoms with Crippen LogP contribution in [0.1, 0.15) is 38.1 Å². The standard InChI is InChI=1S/C15H17N3O/c1-15(2,10-16)13-11-6-3-4-8-18(11)14(17-13)12-7-5-9-19-12/h5,7,9H,3-4,6,8H2,1-2H3. The fraction of sp³-hybridized carbons (Fsp3) is 0.467. The highest BCUT2D eigenvalue weighted by Gasteiger charge is 2.31. The van der Waals surface area contributed by atoms with Crippen LogP contribution in [0.5, 0.6) is 0 Å². The Balaban J connectivity index is 2.20. The lowest BCUT2D eigenvalue weighted by molar-refractivity contribution is 0.513. The molecule has 0 saturated heterocycles. The smallest absolute Gasteiger partial charge is 0.176 e. The van der Waals surface area contributed by atoms with Crippen LogP contribution in [0.25, 0.3) is 11.6 Å². The van der Waals surface area contributed by atoms with Crippen LogP contribution in [0.4, 0.5) is 0 Å². The molecule has 0 fully saturated rings. The van der Waals surface area contributed by atoms with Gasteiger partial charge in [-0.25, -0.2) is 4.98 Å². The number of nitrogens with zero attached hydrogens (tertiary/aromatic N) is 3. The lowest BCUT2D eigenvalue weighted by atomic mass is 9.88.